The second-order valence-electron chi connectivity index (χ2n) is 5.92. The predicted octanol–water partition coefficient (Wildman–Crippen LogP) is 2.91. The zero-order valence-corrected chi connectivity index (χ0v) is 13.2. The third kappa shape index (κ3) is 1.88. The molecule has 0 amide bonds. The average molecular weight is 330 g/mol. The van der Waals surface area contributed by atoms with Crippen molar-refractivity contribution in [3.63, 3.8) is 0 Å². The third-order valence-corrected chi connectivity index (χ3v) is 4.54. The van der Waals surface area contributed by atoms with Crippen LogP contribution in [0.2, 0.25) is 0 Å². The zero-order valence-electron chi connectivity index (χ0n) is 13.2. The second-order valence-corrected chi connectivity index (χ2v) is 5.92. The van der Waals surface area contributed by atoms with Crippen molar-refractivity contribution in [1.29, 1.82) is 0 Å². The fraction of sp³-hybridized carbons (Fsp3) is 0.105. The Morgan fingerprint density at radius 1 is 0.840 bits per heavy atom. The van der Waals surface area contributed by atoms with E-state index in [0.29, 0.717) is 5.82 Å². The lowest BCUT2D eigenvalue weighted by Gasteiger charge is -2.36. The Hall–Kier alpha value is -3.41. The van der Waals surface area contributed by atoms with Gasteiger partial charge in [0.1, 0.15) is 11.5 Å². The van der Waals surface area contributed by atoms with Crippen molar-refractivity contribution in [2.45, 2.75) is 11.6 Å². The summed E-state index contributed by atoms with van der Waals surface area (Å²) in [6.45, 7) is 0. The highest BCUT2D eigenvalue weighted by Gasteiger charge is 2.55. The van der Waals surface area contributed by atoms with E-state index < -0.39 is 11.6 Å². The van der Waals surface area contributed by atoms with Gasteiger partial charge in [-0.25, -0.2) is 15.0 Å². The minimum Gasteiger partial charge on any atom is -0.457 e. The van der Waals surface area contributed by atoms with Gasteiger partial charge in [0.25, 0.3) is 6.02 Å². The van der Waals surface area contributed by atoms with Crippen LogP contribution in [0.1, 0.15) is 23.1 Å². The minimum atomic E-state index is -0.878. The molecule has 0 fully saturated rings. The molecule has 3 aromatic rings. The first-order valence-corrected chi connectivity index (χ1v) is 7.95. The van der Waals surface area contributed by atoms with Crippen molar-refractivity contribution in [3.05, 3.63) is 83.9 Å². The number of aliphatic imine (C=N–C) groups is 1. The van der Waals surface area contributed by atoms with Crippen LogP contribution in [0.3, 0.4) is 0 Å². The van der Waals surface area contributed by atoms with Crippen molar-refractivity contribution in [3.8, 4) is 11.5 Å². The maximum atomic E-state index is 6.08. The van der Waals surface area contributed by atoms with E-state index in [4.69, 9.17) is 20.2 Å². The molecule has 3 heterocycles. The Bertz CT molecular complexity index is 942. The lowest BCUT2D eigenvalue weighted by atomic mass is 9.76. The summed E-state index contributed by atoms with van der Waals surface area (Å²) in [5.41, 5.74) is 6.90. The molecular weight excluding hydrogens is 316 g/mol. The van der Waals surface area contributed by atoms with Gasteiger partial charge in [-0.3, -0.25) is 0 Å². The molecule has 1 atom stereocenters. The van der Waals surface area contributed by atoms with Gasteiger partial charge in [0.2, 0.25) is 0 Å². The van der Waals surface area contributed by atoms with Crippen LogP contribution < -0.4 is 10.5 Å². The van der Waals surface area contributed by atoms with Crippen LogP contribution in [-0.4, -0.2) is 16.0 Å². The van der Waals surface area contributed by atoms with Crippen molar-refractivity contribution >= 4 is 6.02 Å². The molecule has 0 aliphatic carbocycles. The van der Waals surface area contributed by atoms with Crippen LogP contribution >= 0.6 is 0 Å². The summed E-state index contributed by atoms with van der Waals surface area (Å²) in [4.78, 5) is 13.5. The molecule has 0 saturated carbocycles. The van der Waals surface area contributed by atoms with E-state index in [1.54, 1.807) is 18.5 Å². The van der Waals surface area contributed by atoms with Gasteiger partial charge in [0, 0.05) is 23.5 Å². The van der Waals surface area contributed by atoms with Crippen LogP contribution in [0, 0.1) is 0 Å². The number of rotatable bonds is 1. The molecule has 1 spiro atoms. The van der Waals surface area contributed by atoms with E-state index in [9.17, 15) is 0 Å². The lowest BCUT2D eigenvalue weighted by molar-refractivity contribution is 0.140. The van der Waals surface area contributed by atoms with E-state index >= 15 is 0 Å². The third-order valence-electron chi connectivity index (χ3n) is 4.54. The van der Waals surface area contributed by atoms with Gasteiger partial charge < -0.3 is 15.2 Å². The molecule has 25 heavy (non-hydrogen) atoms. The van der Waals surface area contributed by atoms with Gasteiger partial charge in [-0.1, -0.05) is 36.4 Å². The summed E-state index contributed by atoms with van der Waals surface area (Å²) in [6, 6.07) is 17.4. The van der Waals surface area contributed by atoms with Gasteiger partial charge in [-0.2, -0.15) is 0 Å². The Labute approximate surface area is 144 Å². The summed E-state index contributed by atoms with van der Waals surface area (Å²) in [7, 11) is 0. The van der Waals surface area contributed by atoms with Crippen molar-refractivity contribution < 1.29 is 9.47 Å². The lowest BCUT2D eigenvalue weighted by Crippen LogP contribution is -2.34. The molecule has 1 unspecified atom stereocenters. The number of ether oxygens (including phenoxy) is 2. The van der Waals surface area contributed by atoms with Crippen LogP contribution in [0.4, 0.5) is 0 Å². The molecule has 0 saturated heterocycles. The fourth-order valence-corrected chi connectivity index (χ4v) is 3.56. The molecule has 2 N–H and O–H groups in total. The van der Waals surface area contributed by atoms with E-state index in [2.05, 4.69) is 9.97 Å². The van der Waals surface area contributed by atoms with Gasteiger partial charge in [-0.15, -0.1) is 0 Å². The van der Waals surface area contributed by atoms with Crippen LogP contribution in [0.25, 0.3) is 0 Å². The van der Waals surface area contributed by atoms with Gasteiger partial charge in [0.05, 0.1) is 0 Å². The van der Waals surface area contributed by atoms with Crippen LogP contribution in [0.5, 0.6) is 11.5 Å². The molecule has 5 rings (SSSR count). The average Bonchev–Trinajstić information content (AvgIpc) is 3.01. The highest BCUT2D eigenvalue weighted by Crippen LogP contribution is 2.57. The molecule has 122 valence electrons. The Balaban J connectivity index is 1.84. The van der Waals surface area contributed by atoms with Crippen molar-refractivity contribution in [2.24, 2.45) is 10.7 Å². The molecule has 6 heteroatoms. The monoisotopic (exact) mass is 330 g/mol. The number of hydrogen-bond donors (Lipinski definition) is 1. The number of benzene rings is 2. The normalized spacial score (nSPS) is 19.4. The maximum absolute atomic E-state index is 6.08. The Morgan fingerprint density at radius 2 is 1.44 bits per heavy atom. The number of hydrogen-bond acceptors (Lipinski definition) is 6. The molecule has 6 nitrogen and oxygen atoms in total. The molecule has 1 aromatic heterocycles. The van der Waals surface area contributed by atoms with Crippen LogP contribution in [-0.2, 0) is 10.3 Å². The van der Waals surface area contributed by atoms with E-state index in [0.717, 1.165) is 22.6 Å². The largest absolute Gasteiger partial charge is 0.457 e. The smallest absolute Gasteiger partial charge is 0.284 e. The maximum Gasteiger partial charge on any atom is 0.284 e. The van der Waals surface area contributed by atoms with E-state index in [1.807, 2.05) is 48.5 Å². The molecule has 0 bridgehead atoms. The number of aromatic nitrogens is 2. The molecule has 2 aliphatic heterocycles. The summed E-state index contributed by atoms with van der Waals surface area (Å²) in [5.74, 6) is 1.98. The van der Waals surface area contributed by atoms with E-state index in [1.165, 1.54) is 0 Å². The highest BCUT2D eigenvalue weighted by atomic mass is 16.5. The Kier molecular flexibility index (Phi) is 2.82. The SMILES string of the molecule is NC1=NC2(c3ccccc3Oc3ccccc32)C(c2ncccn2)O1. The van der Waals surface area contributed by atoms with Gasteiger partial charge in [0.15, 0.2) is 17.5 Å². The number of amidine groups is 1. The molecule has 2 aromatic carbocycles. The fourth-order valence-electron chi connectivity index (χ4n) is 3.56. The highest BCUT2D eigenvalue weighted by molar-refractivity contribution is 5.77. The number of nitrogens with zero attached hydrogens (tertiary/aromatic N) is 3. The summed E-state index contributed by atoms with van der Waals surface area (Å²) >= 11 is 0. The molecule has 2 aliphatic rings. The number of fused-ring (bicyclic) bond motifs is 4. The number of nitrogens with two attached hydrogens (primary N) is 1. The quantitative estimate of drug-likeness (QED) is 0.742. The van der Waals surface area contributed by atoms with Crippen molar-refractivity contribution in [1.82, 2.24) is 9.97 Å². The topological polar surface area (TPSA) is 82.6 Å². The zero-order chi connectivity index (χ0) is 16.9. The van der Waals surface area contributed by atoms with Crippen molar-refractivity contribution in [2.75, 3.05) is 0 Å². The van der Waals surface area contributed by atoms with Crippen LogP contribution in [0.15, 0.2) is 72.0 Å². The first-order valence-electron chi connectivity index (χ1n) is 7.95. The molecular formula is C19H14N4O2. The van der Waals surface area contributed by atoms with Gasteiger partial charge in [-0.05, 0) is 18.2 Å². The Morgan fingerprint density at radius 3 is 2.08 bits per heavy atom. The first-order chi connectivity index (χ1) is 12.3. The summed E-state index contributed by atoms with van der Waals surface area (Å²) < 4.78 is 12.0. The first kappa shape index (κ1) is 14.0. The second kappa shape index (κ2) is 5.04. The van der Waals surface area contributed by atoms with E-state index in [-0.39, 0.29) is 6.02 Å². The predicted molar refractivity (Wildman–Crippen MR) is 91.2 cm³/mol. The van der Waals surface area contributed by atoms with Gasteiger partial charge >= 0.3 is 0 Å². The number of para-hydroxylation sites is 2. The molecule has 0 radical (unpaired) electrons. The standard InChI is InChI=1S/C19H14N4O2/c20-18-23-19(16(25-18)17-21-10-5-11-22-17)12-6-1-3-8-14(12)24-15-9-4-2-7-13(15)19/h1-11,16H,(H2,20,23). The summed E-state index contributed by atoms with van der Waals surface area (Å²) in [6.07, 6.45) is 2.80. The summed E-state index contributed by atoms with van der Waals surface area (Å²) in [5, 5.41) is 0. The minimum absolute atomic E-state index is 0.115.